The quantitative estimate of drug-likeness (QED) is 0.920. The molecule has 2 fully saturated rings. The Morgan fingerprint density at radius 1 is 1.30 bits per heavy atom. The highest BCUT2D eigenvalue weighted by Gasteiger charge is 2.29. The van der Waals surface area contributed by atoms with Crippen molar-refractivity contribution in [1.82, 2.24) is 19.9 Å². The molecule has 0 aromatic carbocycles. The molecule has 2 aromatic rings. The van der Waals surface area contributed by atoms with Gasteiger partial charge in [0, 0.05) is 25.2 Å². The van der Waals surface area contributed by atoms with Crippen LogP contribution in [0.4, 0.5) is 5.82 Å². The maximum Gasteiger partial charge on any atom is 0.157 e. The summed E-state index contributed by atoms with van der Waals surface area (Å²) in [4.78, 5) is 6.83. The Hall–Kier alpha value is -1.62. The Morgan fingerprint density at radius 2 is 2.20 bits per heavy atom. The Bertz CT molecular complexity index is 616. The molecule has 1 atom stereocenters. The molecule has 1 aliphatic heterocycles. The molecule has 1 saturated heterocycles. The van der Waals surface area contributed by atoms with Crippen molar-refractivity contribution in [3.8, 4) is 0 Å². The van der Waals surface area contributed by atoms with Gasteiger partial charge in [0.1, 0.15) is 12.1 Å². The van der Waals surface area contributed by atoms with E-state index in [4.69, 9.17) is 0 Å². The minimum atomic E-state index is 0.588. The Balaban J connectivity index is 1.64. The number of pyridine rings is 1. The summed E-state index contributed by atoms with van der Waals surface area (Å²) < 4.78 is 1.97. The molecular formula is C15H21N5. The Labute approximate surface area is 119 Å². The van der Waals surface area contributed by atoms with Gasteiger partial charge in [0.2, 0.25) is 0 Å². The molecular weight excluding hydrogens is 250 g/mol. The number of hydrogen-bond acceptors (Lipinski definition) is 4. The van der Waals surface area contributed by atoms with E-state index in [1.165, 1.54) is 37.1 Å². The van der Waals surface area contributed by atoms with Crippen LogP contribution in [0.1, 0.15) is 31.2 Å². The molecule has 2 aromatic heterocycles. The second-order valence-electron chi connectivity index (χ2n) is 6.09. The van der Waals surface area contributed by atoms with Crippen LogP contribution in [-0.2, 0) is 0 Å². The van der Waals surface area contributed by atoms with Crippen molar-refractivity contribution in [2.45, 2.75) is 44.7 Å². The van der Waals surface area contributed by atoms with Crippen molar-refractivity contribution in [3.05, 3.63) is 24.0 Å². The van der Waals surface area contributed by atoms with E-state index in [2.05, 4.69) is 39.4 Å². The summed E-state index contributed by atoms with van der Waals surface area (Å²) in [5, 5.41) is 8.06. The lowest BCUT2D eigenvalue weighted by Gasteiger charge is -2.27. The molecule has 4 rings (SSSR count). The molecule has 5 heteroatoms. The van der Waals surface area contributed by atoms with Crippen LogP contribution in [0.15, 0.2) is 18.5 Å². The van der Waals surface area contributed by atoms with Crippen molar-refractivity contribution in [3.63, 3.8) is 0 Å². The van der Waals surface area contributed by atoms with Gasteiger partial charge in [-0.1, -0.05) is 0 Å². The van der Waals surface area contributed by atoms with Crippen molar-refractivity contribution < 1.29 is 0 Å². The van der Waals surface area contributed by atoms with Gasteiger partial charge in [-0.2, -0.15) is 9.61 Å². The molecule has 1 unspecified atom stereocenters. The first-order chi connectivity index (χ1) is 9.81. The number of anilines is 1. The number of hydrogen-bond donors (Lipinski definition) is 1. The van der Waals surface area contributed by atoms with Crippen LogP contribution in [0.5, 0.6) is 0 Å². The van der Waals surface area contributed by atoms with Crippen molar-refractivity contribution in [2.75, 3.05) is 18.0 Å². The third kappa shape index (κ3) is 2.16. The lowest BCUT2D eigenvalue weighted by atomic mass is 10.2. The lowest BCUT2D eigenvalue weighted by Crippen LogP contribution is -2.39. The average molecular weight is 271 g/mol. The molecule has 0 bridgehead atoms. The average Bonchev–Trinajstić information content (AvgIpc) is 2.96. The predicted octanol–water partition coefficient (Wildman–Crippen LogP) is 1.76. The fourth-order valence-corrected chi connectivity index (χ4v) is 3.18. The number of aryl methyl sites for hydroxylation is 1. The van der Waals surface area contributed by atoms with Crippen LogP contribution in [0.3, 0.4) is 0 Å². The number of aromatic nitrogens is 3. The molecule has 1 N–H and O–H groups in total. The summed E-state index contributed by atoms with van der Waals surface area (Å²) in [6.07, 6.45) is 6.88. The highest BCUT2D eigenvalue weighted by molar-refractivity contribution is 5.54. The van der Waals surface area contributed by atoms with E-state index in [-0.39, 0.29) is 0 Å². The minimum absolute atomic E-state index is 0.588. The predicted molar refractivity (Wildman–Crippen MR) is 79.1 cm³/mol. The minimum Gasteiger partial charge on any atom is -0.352 e. The van der Waals surface area contributed by atoms with E-state index in [0.29, 0.717) is 6.04 Å². The third-order valence-corrected chi connectivity index (χ3v) is 4.40. The SMILES string of the molecule is Cc1cc(N2CCCC2CNC2CC2)n2ncnc2c1. The normalized spacial score (nSPS) is 22.9. The van der Waals surface area contributed by atoms with Gasteiger partial charge in [-0.05, 0) is 50.3 Å². The summed E-state index contributed by atoms with van der Waals surface area (Å²) in [6.45, 7) is 4.34. The largest absolute Gasteiger partial charge is 0.352 e. The van der Waals surface area contributed by atoms with Gasteiger partial charge >= 0.3 is 0 Å². The Morgan fingerprint density at radius 3 is 3.05 bits per heavy atom. The van der Waals surface area contributed by atoms with Crippen LogP contribution >= 0.6 is 0 Å². The summed E-state index contributed by atoms with van der Waals surface area (Å²) in [6, 6.07) is 5.69. The van der Waals surface area contributed by atoms with E-state index >= 15 is 0 Å². The van der Waals surface area contributed by atoms with E-state index in [1.54, 1.807) is 6.33 Å². The first-order valence-corrected chi connectivity index (χ1v) is 7.62. The molecule has 0 spiro atoms. The monoisotopic (exact) mass is 271 g/mol. The van der Waals surface area contributed by atoms with Crippen LogP contribution in [-0.4, -0.2) is 39.8 Å². The molecule has 5 nitrogen and oxygen atoms in total. The zero-order chi connectivity index (χ0) is 13.5. The third-order valence-electron chi connectivity index (χ3n) is 4.40. The summed E-state index contributed by atoms with van der Waals surface area (Å²) in [5.41, 5.74) is 2.20. The van der Waals surface area contributed by atoms with Gasteiger partial charge in [-0.15, -0.1) is 0 Å². The van der Waals surface area contributed by atoms with Crippen molar-refractivity contribution in [2.24, 2.45) is 0 Å². The molecule has 0 radical (unpaired) electrons. The van der Waals surface area contributed by atoms with Crippen LogP contribution < -0.4 is 10.2 Å². The van der Waals surface area contributed by atoms with E-state index in [9.17, 15) is 0 Å². The van der Waals surface area contributed by atoms with Gasteiger partial charge in [0.05, 0.1) is 0 Å². The fourth-order valence-electron chi connectivity index (χ4n) is 3.18. The molecule has 1 saturated carbocycles. The first-order valence-electron chi connectivity index (χ1n) is 7.62. The molecule has 0 amide bonds. The van der Waals surface area contributed by atoms with Crippen LogP contribution in [0.2, 0.25) is 0 Å². The van der Waals surface area contributed by atoms with E-state index in [0.717, 1.165) is 24.8 Å². The number of nitrogens with one attached hydrogen (secondary N) is 1. The van der Waals surface area contributed by atoms with Crippen molar-refractivity contribution in [1.29, 1.82) is 0 Å². The standard InChI is InChI=1S/C15H21N5/c1-11-7-14-17-10-18-20(14)15(8-11)19-6-2-3-13(19)9-16-12-4-5-12/h7-8,10,12-13,16H,2-6,9H2,1H3. The van der Waals surface area contributed by atoms with Gasteiger partial charge in [-0.25, -0.2) is 4.98 Å². The van der Waals surface area contributed by atoms with Gasteiger partial charge in [0.25, 0.3) is 0 Å². The molecule has 106 valence electrons. The van der Waals surface area contributed by atoms with Gasteiger partial charge in [0.15, 0.2) is 5.65 Å². The van der Waals surface area contributed by atoms with E-state index in [1.807, 2.05) is 4.52 Å². The van der Waals surface area contributed by atoms with Crippen LogP contribution in [0.25, 0.3) is 5.65 Å². The zero-order valence-electron chi connectivity index (χ0n) is 11.9. The van der Waals surface area contributed by atoms with Crippen molar-refractivity contribution >= 4 is 11.5 Å². The zero-order valence-corrected chi connectivity index (χ0v) is 11.9. The smallest absolute Gasteiger partial charge is 0.157 e. The van der Waals surface area contributed by atoms with Gasteiger partial charge in [-0.3, -0.25) is 0 Å². The molecule has 2 aliphatic rings. The number of fused-ring (bicyclic) bond motifs is 1. The Kier molecular flexibility index (Phi) is 2.88. The summed E-state index contributed by atoms with van der Waals surface area (Å²) in [7, 11) is 0. The first kappa shape index (κ1) is 12.1. The second-order valence-corrected chi connectivity index (χ2v) is 6.09. The molecule has 20 heavy (non-hydrogen) atoms. The molecule has 3 heterocycles. The highest BCUT2D eigenvalue weighted by Crippen LogP contribution is 2.27. The topological polar surface area (TPSA) is 45.5 Å². The van der Waals surface area contributed by atoms with E-state index < -0.39 is 0 Å². The fraction of sp³-hybridized carbons (Fsp3) is 0.600. The van der Waals surface area contributed by atoms with Crippen LogP contribution in [0, 0.1) is 6.92 Å². The number of nitrogens with zero attached hydrogens (tertiary/aromatic N) is 4. The lowest BCUT2D eigenvalue weighted by molar-refractivity contribution is 0.566. The molecule has 1 aliphatic carbocycles. The summed E-state index contributed by atoms with van der Waals surface area (Å²) >= 11 is 0. The second kappa shape index (κ2) is 4.74. The van der Waals surface area contributed by atoms with Gasteiger partial charge < -0.3 is 10.2 Å². The number of rotatable bonds is 4. The highest BCUT2D eigenvalue weighted by atomic mass is 15.4. The maximum atomic E-state index is 4.39. The summed E-state index contributed by atoms with van der Waals surface area (Å²) in [5.74, 6) is 1.19. The maximum absolute atomic E-state index is 4.39.